The molecule has 4 rings (SSSR count). The van der Waals surface area contributed by atoms with Crippen LogP contribution in [0.3, 0.4) is 0 Å². The Kier molecular flexibility index (Phi) is 5.69. The molecular weight excluding hydrogens is 389 g/mol. The van der Waals surface area contributed by atoms with Gasteiger partial charge < -0.3 is 25.7 Å². The van der Waals surface area contributed by atoms with Crippen LogP contribution < -0.4 is 15.5 Å². The van der Waals surface area contributed by atoms with Crippen LogP contribution in [0.5, 0.6) is 0 Å². The Bertz CT molecular complexity index is 950. The number of carbonyl (C=O) groups excluding carboxylic acids is 1. The third-order valence-corrected chi connectivity index (χ3v) is 5.81. The highest BCUT2D eigenvalue weighted by molar-refractivity contribution is 5.94. The number of fused-ring (bicyclic) bond motifs is 1. The number of amides is 1. The number of aryl methyl sites for hydroxylation is 1. The van der Waals surface area contributed by atoms with E-state index < -0.39 is 35.9 Å². The Morgan fingerprint density at radius 1 is 1.17 bits per heavy atom. The first-order valence-electron chi connectivity index (χ1n) is 10.0. The van der Waals surface area contributed by atoms with Crippen LogP contribution in [0.4, 0.5) is 10.1 Å². The van der Waals surface area contributed by atoms with Gasteiger partial charge in [0.2, 0.25) is 0 Å². The second kappa shape index (κ2) is 8.41. The molecule has 1 aliphatic heterocycles. The van der Waals surface area contributed by atoms with Crippen LogP contribution in [0.25, 0.3) is 0 Å². The van der Waals surface area contributed by atoms with Crippen LogP contribution in [0.1, 0.15) is 33.9 Å². The molecule has 1 fully saturated rings. The van der Waals surface area contributed by atoms with Crippen molar-refractivity contribution in [3.63, 3.8) is 0 Å². The first-order valence-corrected chi connectivity index (χ1v) is 10.0. The van der Waals surface area contributed by atoms with Gasteiger partial charge in [0.05, 0.1) is 12.1 Å². The Morgan fingerprint density at radius 3 is 2.67 bits per heavy atom. The third-order valence-electron chi connectivity index (χ3n) is 5.81. The second-order valence-corrected chi connectivity index (χ2v) is 7.70. The number of carboxylic acid groups (broad SMARTS) is 1. The number of benzene rings is 2. The van der Waals surface area contributed by atoms with Crippen LogP contribution in [-0.2, 0) is 11.2 Å². The van der Waals surface area contributed by atoms with Gasteiger partial charge in [-0.15, -0.1) is 0 Å². The smallest absolute Gasteiger partial charge is 0.327 e. The third kappa shape index (κ3) is 4.01. The zero-order chi connectivity index (χ0) is 21.3. The molecule has 3 atom stereocenters. The lowest BCUT2D eigenvalue weighted by Crippen LogP contribution is -2.55. The number of anilines is 1. The molecule has 0 aromatic heterocycles. The van der Waals surface area contributed by atoms with Crippen molar-refractivity contribution in [1.82, 2.24) is 10.6 Å². The number of rotatable bonds is 4. The number of halogens is 1. The van der Waals surface area contributed by atoms with Gasteiger partial charge in [0.1, 0.15) is 11.9 Å². The Hall–Kier alpha value is -2.97. The van der Waals surface area contributed by atoms with Crippen molar-refractivity contribution in [2.75, 3.05) is 24.5 Å². The minimum atomic E-state index is -0.902. The van der Waals surface area contributed by atoms with E-state index in [1.54, 1.807) is 0 Å². The number of aliphatic hydroxyl groups excluding tert-OH is 1. The molecule has 7 nitrogen and oxygen atoms in total. The van der Waals surface area contributed by atoms with Crippen LogP contribution in [0.15, 0.2) is 42.5 Å². The molecular formula is C22H24FN3O4. The van der Waals surface area contributed by atoms with E-state index in [0.717, 1.165) is 16.8 Å². The number of hydrogen-bond donors (Lipinski definition) is 4. The number of nitrogens with zero attached hydrogens (tertiary/aromatic N) is 1. The predicted molar refractivity (Wildman–Crippen MR) is 109 cm³/mol. The summed E-state index contributed by atoms with van der Waals surface area (Å²) >= 11 is 0. The van der Waals surface area contributed by atoms with E-state index in [2.05, 4.69) is 10.6 Å². The lowest BCUT2D eigenvalue weighted by Gasteiger charge is -2.37. The van der Waals surface area contributed by atoms with Crippen molar-refractivity contribution < 1.29 is 24.2 Å². The van der Waals surface area contributed by atoms with Gasteiger partial charge in [0, 0.05) is 30.9 Å². The summed E-state index contributed by atoms with van der Waals surface area (Å²) in [5.74, 6) is -1.73. The summed E-state index contributed by atoms with van der Waals surface area (Å²) in [5.41, 5.74) is 2.84. The highest BCUT2D eigenvalue weighted by Gasteiger charge is 2.33. The Morgan fingerprint density at radius 2 is 1.93 bits per heavy atom. The van der Waals surface area contributed by atoms with Gasteiger partial charge in [0.15, 0.2) is 0 Å². The minimum Gasteiger partial charge on any atom is -0.480 e. The van der Waals surface area contributed by atoms with Crippen molar-refractivity contribution in [1.29, 1.82) is 0 Å². The standard InChI is InChI=1S/C22H24FN3O4/c23-15-5-1-14(2-6-15)21(28)25-20-17-11-16(7-3-13(17)4-8-19(20)27)26-10-9-24-12-18(26)22(29)30/h1-3,5-7,11,18-20,24,27H,4,8-10,12H2,(H,25,28)(H,29,30)/t18?,19-,20-/m0/s1. The van der Waals surface area contributed by atoms with Gasteiger partial charge in [-0.3, -0.25) is 4.79 Å². The fraction of sp³-hybridized carbons (Fsp3) is 0.364. The lowest BCUT2D eigenvalue weighted by atomic mass is 9.85. The monoisotopic (exact) mass is 413 g/mol. The second-order valence-electron chi connectivity index (χ2n) is 7.70. The van der Waals surface area contributed by atoms with E-state index in [-0.39, 0.29) is 0 Å². The number of hydrogen-bond acceptors (Lipinski definition) is 5. The molecule has 0 spiro atoms. The number of aliphatic hydroxyl groups is 1. The fourth-order valence-electron chi connectivity index (χ4n) is 4.19. The van der Waals surface area contributed by atoms with Crippen molar-refractivity contribution in [2.45, 2.75) is 31.0 Å². The molecule has 1 unspecified atom stereocenters. The summed E-state index contributed by atoms with van der Waals surface area (Å²) in [6.45, 7) is 1.57. The maximum atomic E-state index is 13.2. The van der Waals surface area contributed by atoms with Crippen molar-refractivity contribution in [3.8, 4) is 0 Å². The summed E-state index contributed by atoms with van der Waals surface area (Å²) < 4.78 is 13.2. The summed E-state index contributed by atoms with van der Waals surface area (Å²) in [7, 11) is 0. The molecule has 0 bridgehead atoms. The van der Waals surface area contributed by atoms with E-state index >= 15 is 0 Å². The van der Waals surface area contributed by atoms with Crippen LogP contribution in [0.2, 0.25) is 0 Å². The molecule has 4 N–H and O–H groups in total. The van der Waals surface area contributed by atoms with Gasteiger partial charge in [0.25, 0.3) is 5.91 Å². The van der Waals surface area contributed by atoms with Crippen molar-refractivity contribution in [2.24, 2.45) is 0 Å². The summed E-state index contributed by atoms with van der Waals surface area (Å²) in [4.78, 5) is 26.2. The molecule has 158 valence electrons. The number of aliphatic carboxylic acids is 1. The van der Waals surface area contributed by atoms with Crippen LogP contribution in [0, 0.1) is 5.82 Å². The Labute approximate surface area is 173 Å². The first kappa shape index (κ1) is 20.3. The molecule has 8 heteroatoms. The predicted octanol–water partition coefficient (Wildman–Crippen LogP) is 1.47. The molecule has 1 aliphatic carbocycles. The topological polar surface area (TPSA) is 102 Å². The zero-order valence-electron chi connectivity index (χ0n) is 16.3. The molecule has 1 saturated heterocycles. The maximum Gasteiger partial charge on any atom is 0.327 e. The van der Waals surface area contributed by atoms with Crippen LogP contribution >= 0.6 is 0 Å². The van der Waals surface area contributed by atoms with Gasteiger partial charge >= 0.3 is 5.97 Å². The quantitative estimate of drug-likeness (QED) is 0.606. The molecule has 2 aromatic rings. The minimum absolute atomic E-state index is 0.305. The average Bonchev–Trinajstić information content (AvgIpc) is 2.75. The SMILES string of the molecule is O=C(N[C@H]1c2cc(N3CCNCC3C(=O)O)ccc2CC[C@@H]1O)c1ccc(F)cc1. The molecule has 0 radical (unpaired) electrons. The van der Waals surface area contributed by atoms with Gasteiger partial charge in [-0.05, 0) is 60.4 Å². The summed E-state index contributed by atoms with van der Waals surface area (Å²) in [6.07, 6.45) is 0.408. The average molecular weight is 413 g/mol. The molecule has 30 heavy (non-hydrogen) atoms. The van der Waals surface area contributed by atoms with E-state index in [0.29, 0.717) is 38.0 Å². The van der Waals surface area contributed by atoms with Gasteiger partial charge in [-0.25, -0.2) is 9.18 Å². The van der Waals surface area contributed by atoms with E-state index in [9.17, 15) is 24.2 Å². The largest absolute Gasteiger partial charge is 0.480 e. The van der Waals surface area contributed by atoms with E-state index in [1.807, 2.05) is 23.1 Å². The molecule has 0 saturated carbocycles. The molecule has 2 aliphatic rings. The number of carbonyl (C=O) groups is 2. The first-order chi connectivity index (χ1) is 14.4. The van der Waals surface area contributed by atoms with E-state index in [4.69, 9.17) is 0 Å². The zero-order valence-corrected chi connectivity index (χ0v) is 16.3. The molecule has 1 amide bonds. The number of carboxylic acids is 1. The van der Waals surface area contributed by atoms with Crippen molar-refractivity contribution in [3.05, 3.63) is 65.0 Å². The summed E-state index contributed by atoms with van der Waals surface area (Å²) in [5, 5.41) is 26.1. The van der Waals surface area contributed by atoms with Gasteiger partial charge in [-0.2, -0.15) is 0 Å². The number of piperazine rings is 1. The summed E-state index contributed by atoms with van der Waals surface area (Å²) in [6, 6.07) is 9.63. The number of nitrogens with one attached hydrogen (secondary N) is 2. The maximum absolute atomic E-state index is 13.2. The van der Waals surface area contributed by atoms with E-state index in [1.165, 1.54) is 24.3 Å². The molecule has 1 heterocycles. The Balaban J connectivity index is 1.63. The lowest BCUT2D eigenvalue weighted by molar-refractivity contribution is -0.138. The van der Waals surface area contributed by atoms with Gasteiger partial charge in [-0.1, -0.05) is 6.07 Å². The highest BCUT2D eigenvalue weighted by Crippen LogP contribution is 2.34. The highest BCUT2D eigenvalue weighted by atomic mass is 19.1. The fourth-order valence-corrected chi connectivity index (χ4v) is 4.19. The molecule has 2 aromatic carbocycles. The van der Waals surface area contributed by atoms with Crippen LogP contribution in [-0.4, -0.2) is 53.9 Å². The normalized spacial score (nSPS) is 23.5. The van der Waals surface area contributed by atoms with Crippen molar-refractivity contribution >= 4 is 17.6 Å².